The maximum Gasteiger partial charge on any atom is 0.157 e. The molecule has 0 aliphatic heterocycles. The van der Waals surface area contributed by atoms with Crippen molar-refractivity contribution in [3.05, 3.63) is 71.8 Å². The van der Waals surface area contributed by atoms with Gasteiger partial charge in [0.25, 0.3) is 0 Å². The molecule has 4 nitrogen and oxygen atoms in total. The molecule has 0 amide bonds. The lowest BCUT2D eigenvalue weighted by Gasteiger charge is -2.22. The second kappa shape index (κ2) is 16.8. The van der Waals surface area contributed by atoms with Gasteiger partial charge in [0, 0.05) is 14.2 Å². The summed E-state index contributed by atoms with van der Waals surface area (Å²) in [6, 6.07) is 21.3. The summed E-state index contributed by atoms with van der Waals surface area (Å²) >= 11 is 0. The molecule has 33 heavy (non-hydrogen) atoms. The Kier molecular flexibility index (Phi) is 15.9. The van der Waals surface area contributed by atoms with Gasteiger partial charge in [-0.15, -0.1) is 0 Å². The summed E-state index contributed by atoms with van der Waals surface area (Å²) in [5.74, 6) is 0. The fourth-order valence-electron chi connectivity index (χ4n) is 2.55. The van der Waals surface area contributed by atoms with Crippen LogP contribution in [0.4, 0.5) is 0 Å². The van der Waals surface area contributed by atoms with Crippen molar-refractivity contribution in [1.82, 2.24) is 0 Å². The predicted molar refractivity (Wildman–Crippen MR) is 139 cm³/mol. The van der Waals surface area contributed by atoms with Crippen molar-refractivity contribution < 1.29 is 18.9 Å². The molecule has 4 heteroatoms. The van der Waals surface area contributed by atoms with Crippen molar-refractivity contribution in [2.75, 3.05) is 21.0 Å². The number of benzene rings is 2. The second-order valence-corrected chi connectivity index (χ2v) is 9.26. The zero-order chi connectivity index (χ0) is 25.3. The zero-order valence-corrected chi connectivity index (χ0v) is 22.7. The molecule has 2 rings (SSSR count). The van der Waals surface area contributed by atoms with Crippen molar-refractivity contribution in [2.45, 2.75) is 91.6 Å². The maximum atomic E-state index is 5.04. The standard InChI is InChI=1S/2C11H16.C7H16O4/c2*1-4-11(2,3)10-8-6-5-7-9-10;1-6(8-3)10-5-11-7(2)9-4/h2*5-9H,4H2,1-3H3;6-7H,5H2,1-4H3. The highest BCUT2D eigenvalue weighted by molar-refractivity contribution is 5.23. The SMILES string of the molecule is CCC(C)(C)c1ccccc1.CCC(C)(C)c1ccccc1.COC(C)OCOC(C)OC. The van der Waals surface area contributed by atoms with E-state index in [0.29, 0.717) is 10.8 Å². The number of rotatable bonds is 10. The van der Waals surface area contributed by atoms with E-state index >= 15 is 0 Å². The molecule has 0 bridgehead atoms. The van der Waals surface area contributed by atoms with E-state index in [1.807, 2.05) is 0 Å². The molecule has 2 unspecified atom stereocenters. The Bertz CT molecular complexity index is 637. The largest absolute Gasteiger partial charge is 0.356 e. The third-order valence-electron chi connectivity index (χ3n) is 6.15. The van der Waals surface area contributed by atoms with Crippen molar-refractivity contribution >= 4 is 0 Å². The highest BCUT2D eigenvalue weighted by Crippen LogP contribution is 2.26. The van der Waals surface area contributed by atoms with Gasteiger partial charge in [-0.2, -0.15) is 0 Å². The smallest absolute Gasteiger partial charge is 0.157 e. The van der Waals surface area contributed by atoms with Crippen LogP contribution in [0.5, 0.6) is 0 Å². The maximum absolute atomic E-state index is 5.04. The van der Waals surface area contributed by atoms with Gasteiger partial charge in [-0.1, -0.05) is 102 Å². The summed E-state index contributed by atoms with van der Waals surface area (Å²) in [6.07, 6.45) is 1.91. The average Bonchev–Trinajstić information content (AvgIpc) is 2.85. The summed E-state index contributed by atoms with van der Waals surface area (Å²) in [6.45, 7) is 17.3. The lowest BCUT2D eigenvalue weighted by molar-refractivity contribution is -0.224. The topological polar surface area (TPSA) is 36.9 Å². The summed E-state index contributed by atoms with van der Waals surface area (Å²) in [5, 5.41) is 0. The molecule has 0 aliphatic carbocycles. The molecule has 0 spiro atoms. The molecule has 0 fully saturated rings. The van der Waals surface area contributed by atoms with Crippen molar-refractivity contribution in [3.8, 4) is 0 Å². The first kappa shape index (κ1) is 31.3. The van der Waals surface area contributed by atoms with Crippen molar-refractivity contribution in [3.63, 3.8) is 0 Å². The Labute approximate surface area is 203 Å². The molecular weight excluding hydrogens is 412 g/mol. The van der Waals surface area contributed by atoms with Gasteiger partial charge in [-0.05, 0) is 48.6 Å². The minimum Gasteiger partial charge on any atom is -0.356 e. The van der Waals surface area contributed by atoms with Crippen LogP contribution >= 0.6 is 0 Å². The van der Waals surface area contributed by atoms with E-state index in [9.17, 15) is 0 Å². The van der Waals surface area contributed by atoms with Gasteiger partial charge in [0.15, 0.2) is 19.4 Å². The molecule has 2 aromatic rings. The normalized spacial score (nSPS) is 13.2. The first-order valence-corrected chi connectivity index (χ1v) is 11.9. The molecule has 0 aliphatic rings. The Morgan fingerprint density at radius 2 is 0.909 bits per heavy atom. The van der Waals surface area contributed by atoms with E-state index in [2.05, 4.69) is 102 Å². The van der Waals surface area contributed by atoms with Gasteiger partial charge in [0.1, 0.15) is 0 Å². The fourth-order valence-corrected chi connectivity index (χ4v) is 2.55. The minimum atomic E-state index is -0.237. The highest BCUT2D eigenvalue weighted by Gasteiger charge is 2.17. The van der Waals surface area contributed by atoms with Crippen LogP contribution in [0.1, 0.15) is 79.4 Å². The lowest BCUT2D eigenvalue weighted by Crippen LogP contribution is -2.17. The summed E-state index contributed by atoms with van der Waals surface area (Å²) in [5.41, 5.74) is 3.53. The molecule has 0 N–H and O–H groups in total. The third-order valence-corrected chi connectivity index (χ3v) is 6.15. The summed E-state index contributed by atoms with van der Waals surface area (Å²) in [7, 11) is 3.15. The van der Waals surface area contributed by atoms with Gasteiger partial charge < -0.3 is 18.9 Å². The highest BCUT2D eigenvalue weighted by atomic mass is 16.8. The first-order valence-electron chi connectivity index (χ1n) is 11.9. The number of hydrogen-bond acceptors (Lipinski definition) is 4. The molecule has 188 valence electrons. The van der Waals surface area contributed by atoms with Gasteiger partial charge in [-0.3, -0.25) is 0 Å². The minimum absolute atomic E-state index is 0.185. The second-order valence-electron chi connectivity index (χ2n) is 9.26. The summed E-state index contributed by atoms with van der Waals surface area (Å²) in [4.78, 5) is 0. The van der Waals surface area contributed by atoms with Crippen LogP contribution in [0, 0.1) is 0 Å². The van der Waals surface area contributed by atoms with E-state index in [4.69, 9.17) is 18.9 Å². The molecule has 0 radical (unpaired) electrons. The predicted octanol–water partition coefficient (Wildman–Crippen LogP) is 7.71. The van der Waals surface area contributed by atoms with Crippen LogP contribution in [0.25, 0.3) is 0 Å². The Hall–Kier alpha value is -1.72. The van der Waals surface area contributed by atoms with Crippen molar-refractivity contribution in [2.24, 2.45) is 0 Å². The molecule has 0 saturated heterocycles. The van der Waals surface area contributed by atoms with Crippen LogP contribution in [0.2, 0.25) is 0 Å². The third kappa shape index (κ3) is 13.5. The van der Waals surface area contributed by atoms with Gasteiger partial charge in [0.2, 0.25) is 0 Å². The fraction of sp³-hybridized carbons (Fsp3) is 0.586. The van der Waals surface area contributed by atoms with Crippen LogP contribution in [0.15, 0.2) is 60.7 Å². The van der Waals surface area contributed by atoms with Gasteiger partial charge in [0.05, 0.1) is 0 Å². The van der Waals surface area contributed by atoms with Crippen molar-refractivity contribution in [1.29, 1.82) is 0 Å². The van der Waals surface area contributed by atoms with Crippen LogP contribution < -0.4 is 0 Å². The van der Waals surface area contributed by atoms with Crippen LogP contribution in [-0.2, 0) is 29.8 Å². The molecule has 0 aromatic heterocycles. The number of hydrogen-bond donors (Lipinski definition) is 0. The Morgan fingerprint density at radius 1 is 0.606 bits per heavy atom. The molecular formula is C29H48O4. The average molecular weight is 461 g/mol. The van der Waals surface area contributed by atoms with E-state index in [1.165, 1.54) is 24.0 Å². The molecule has 2 aromatic carbocycles. The molecule has 0 heterocycles. The van der Waals surface area contributed by atoms with Gasteiger partial charge >= 0.3 is 0 Å². The zero-order valence-electron chi connectivity index (χ0n) is 22.7. The number of ether oxygens (including phenoxy) is 4. The van der Waals surface area contributed by atoms with Crippen LogP contribution in [0.3, 0.4) is 0 Å². The van der Waals surface area contributed by atoms with E-state index in [-0.39, 0.29) is 19.4 Å². The summed E-state index contributed by atoms with van der Waals surface area (Å²) < 4.78 is 19.7. The Morgan fingerprint density at radius 3 is 1.15 bits per heavy atom. The van der Waals surface area contributed by atoms with Gasteiger partial charge in [-0.25, -0.2) is 0 Å². The van der Waals surface area contributed by atoms with E-state index < -0.39 is 0 Å². The van der Waals surface area contributed by atoms with E-state index in [0.717, 1.165) is 0 Å². The van der Waals surface area contributed by atoms with E-state index in [1.54, 1.807) is 28.1 Å². The molecule has 2 atom stereocenters. The number of methoxy groups -OCH3 is 2. The first-order chi connectivity index (χ1) is 15.5. The molecule has 0 saturated carbocycles. The van der Waals surface area contributed by atoms with Crippen LogP contribution in [-0.4, -0.2) is 33.6 Å². The lowest BCUT2D eigenvalue weighted by atomic mass is 9.82. The quantitative estimate of drug-likeness (QED) is 0.340. The Balaban J connectivity index is 0.000000465. The monoisotopic (exact) mass is 460 g/mol.